The van der Waals surface area contributed by atoms with E-state index in [2.05, 4.69) is 44.3 Å². The number of fused-ring (bicyclic) bond motifs is 2. The van der Waals surface area contributed by atoms with E-state index < -0.39 is 0 Å². The minimum absolute atomic E-state index is 0.687. The number of benzene rings is 2. The highest BCUT2D eigenvalue weighted by Gasteiger charge is 2.12. The Kier molecular flexibility index (Phi) is 4.27. The van der Waals surface area contributed by atoms with Gasteiger partial charge in [-0.2, -0.15) is 5.10 Å². The summed E-state index contributed by atoms with van der Waals surface area (Å²) in [5, 5.41) is 9.82. The fourth-order valence-corrected chi connectivity index (χ4v) is 3.61. The highest BCUT2D eigenvalue weighted by atomic mass is 16.5. The molecule has 1 fully saturated rings. The van der Waals surface area contributed by atoms with Crippen LogP contribution in [0.5, 0.6) is 5.75 Å². The summed E-state index contributed by atoms with van der Waals surface area (Å²) in [4.78, 5) is 5.84. The molecule has 0 radical (unpaired) electrons. The number of aromatic amines is 2. The second-order valence-corrected chi connectivity index (χ2v) is 6.85. The maximum absolute atomic E-state index is 5.97. The zero-order valence-electron chi connectivity index (χ0n) is 15.1. The van der Waals surface area contributed by atoms with Crippen molar-refractivity contribution in [2.45, 2.75) is 0 Å². The van der Waals surface area contributed by atoms with Crippen molar-refractivity contribution in [1.82, 2.24) is 20.1 Å². The van der Waals surface area contributed by atoms with Gasteiger partial charge in [0.1, 0.15) is 18.1 Å². The summed E-state index contributed by atoms with van der Waals surface area (Å²) < 4.78 is 11.3. The fraction of sp³-hybridized carbons (Fsp3) is 0.286. The van der Waals surface area contributed by atoms with Crippen molar-refractivity contribution in [3.05, 3.63) is 48.5 Å². The number of morpholine rings is 1. The van der Waals surface area contributed by atoms with Gasteiger partial charge in [0.25, 0.3) is 0 Å². The molecule has 1 aliphatic rings. The third-order valence-electron chi connectivity index (χ3n) is 5.10. The van der Waals surface area contributed by atoms with Gasteiger partial charge >= 0.3 is 0 Å². The first-order valence-corrected chi connectivity index (χ1v) is 9.36. The number of aromatic nitrogens is 3. The molecule has 0 bridgehead atoms. The van der Waals surface area contributed by atoms with Crippen molar-refractivity contribution >= 4 is 21.8 Å². The van der Waals surface area contributed by atoms with Crippen LogP contribution in [0.1, 0.15) is 0 Å². The summed E-state index contributed by atoms with van der Waals surface area (Å²) >= 11 is 0. The van der Waals surface area contributed by atoms with Gasteiger partial charge in [-0.3, -0.25) is 10.00 Å². The predicted octanol–water partition coefficient (Wildman–Crippen LogP) is 3.42. The molecule has 6 heteroatoms. The highest BCUT2D eigenvalue weighted by Crippen LogP contribution is 2.30. The van der Waals surface area contributed by atoms with Gasteiger partial charge in [-0.15, -0.1) is 0 Å². The zero-order valence-corrected chi connectivity index (χ0v) is 15.1. The third kappa shape index (κ3) is 3.29. The lowest BCUT2D eigenvalue weighted by Gasteiger charge is -2.26. The molecular formula is C21H22N4O2. The van der Waals surface area contributed by atoms with Crippen LogP contribution in [0.3, 0.4) is 0 Å². The first-order valence-electron chi connectivity index (χ1n) is 9.36. The van der Waals surface area contributed by atoms with Crippen LogP contribution in [0.25, 0.3) is 33.2 Å². The van der Waals surface area contributed by atoms with Crippen LogP contribution in [-0.4, -0.2) is 59.5 Å². The summed E-state index contributed by atoms with van der Waals surface area (Å²) in [6.45, 7) is 5.23. The second kappa shape index (κ2) is 7.06. The number of hydrogen-bond acceptors (Lipinski definition) is 4. The monoisotopic (exact) mass is 362 g/mol. The minimum Gasteiger partial charge on any atom is -0.492 e. The molecule has 2 N–H and O–H groups in total. The quantitative estimate of drug-likeness (QED) is 0.571. The van der Waals surface area contributed by atoms with Crippen LogP contribution in [0.4, 0.5) is 0 Å². The average molecular weight is 362 g/mol. The van der Waals surface area contributed by atoms with Crippen LogP contribution in [0.2, 0.25) is 0 Å². The number of rotatable bonds is 5. The van der Waals surface area contributed by atoms with Gasteiger partial charge in [0.15, 0.2) is 0 Å². The molecule has 3 heterocycles. The Morgan fingerprint density at radius 2 is 1.93 bits per heavy atom. The van der Waals surface area contributed by atoms with Gasteiger partial charge in [0.05, 0.1) is 24.4 Å². The van der Waals surface area contributed by atoms with E-state index in [0.29, 0.717) is 6.61 Å². The average Bonchev–Trinajstić information content (AvgIpc) is 3.32. The lowest BCUT2D eigenvalue weighted by atomic mass is 10.1. The molecule has 0 aliphatic carbocycles. The minimum atomic E-state index is 0.687. The molecule has 27 heavy (non-hydrogen) atoms. The molecule has 0 atom stereocenters. The Labute approximate surface area is 157 Å². The molecule has 6 nitrogen and oxygen atoms in total. The molecule has 0 saturated carbocycles. The molecule has 0 amide bonds. The van der Waals surface area contributed by atoms with Crippen molar-refractivity contribution < 1.29 is 9.47 Å². The van der Waals surface area contributed by atoms with Gasteiger partial charge in [-0.25, -0.2) is 0 Å². The molecule has 2 aromatic carbocycles. The van der Waals surface area contributed by atoms with E-state index >= 15 is 0 Å². The number of nitrogens with zero attached hydrogens (tertiary/aromatic N) is 2. The van der Waals surface area contributed by atoms with E-state index in [1.54, 1.807) is 0 Å². The van der Waals surface area contributed by atoms with Crippen LogP contribution >= 0.6 is 0 Å². The first kappa shape index (κ1) is 16.4. The number of ether oxygens (including phenoxy) is 2. The van der Waals surface area contributed by atoms with Gasteiger partial charge in [-0.05, 0) is 30.3 Å². The lowest BCUT2D eigenvalue weighted by Crippen LogP contribution is -2.38. The summed E-state index contributed by atoms with van der Waals surface area (Å²) in [5.41, 5.74) is 4.07. The largest absolute Gasteiger partial charge is 0.492 e. The first-order chi connectivity index (χ1) is 13.4. The number of para-hydroxylation sites is 1. The van der Waals surface area contributed by atoms with Crippen molar-refractivity contribution in [3.63, 3.8) is 0 Å². The molecule has 5 rings (SSSR count). The normalized spacial score (nSPS) is 15.6. The topological polar surface area (TPSA) is 66.2 Å². The Morgan fingerprint density at radius 1 is 1.04 bits per heavy atom. The summed E-state index contributed by atoms with van der Waals surface area (Å²) in [5.74, 6) is 0.896. The van der Waals surface area contributed by atoms with Crippen molar-refractivity contribution in [2.75, 3.05) is 39.5 Å². The molecule has 0 unspecified atom stereocenters. The maximum Gasteiger partial charge on any atom is 0.120 e. The maximum atomic E-state index is 5.97. The second-order valence-electron chi connectivity index (χ2n) is 6.85. The Morgan fingerprint density at radius 3 is 2.85 bits per heavy atom. The third-order valence-corrected chi connectivity index (χ3v) is 5.10. The van der Waals surface area contributed by atoms with Crippen molar-refractivity contribution in [1.29, 1.82) is 0 Å². The number of nitrogens with one attached hydrogen (secondary N) is 2. The van der Waals surface area contributed by atoms with Crippen molar-refractivity contribution in [2.24, 2.45) is 0 Å². The van der Waals surface area contributed by atoms with Gasteiger partial charge < -0.3 is 14.5 Å². The van der Waals surface area contributed by atoms with Crippen molar-refractivity contribution in [3.8, 4) is 17.1 Å². The number of H-pyrrole nitrogens is 2. The van der Waals surface area contributed by atoms with Gasteiger partial charge in [0.2, 0.25) is 0 Å². The van der Waals surface area contributed by atoms with E-state index in [4.69, 9.17) is 9.47 Å². The van der Waals surface area contributed by atoms with E-state index in [1.807, 2.05) is 24.3 Å². The summed E-state index contributed by atoms with van der Waals surface area (Å²) in [6.07, 6.45) is 0. The van der Waals surface area contributed by atoms with Crippen LogP contribution in [0.15, 0.2) is 48.5 Å². The van der Waals surface area contributed by atoms with Gasteiger partial charge in [-0.1, -0.05) is 18.2 Å². The Bertz CT molecular complexity index is 1060. The zero-order chi connectivity index (χ0) is 18.1. The summed E-state index contributed by atoms with van der Waals surface area (Å²) in [7, 11) is 0. The fourth-order valence-electron chi connectivity index (χ4n) is 3.61. The summed E-state index contributed by atoms with van der Waals surface area (Å²) in [6, 6.07) is 16.5. The lowest BCUT2D eigenvalue weighted by molar-refractivity contribution is 0.0322. The predicted molar refractivity (Wildman–Crippen MR) is 106 cm³/mol. The smallest absolute Gasteiger partial charge is 0.120 e. The Balaban J connectivity index is 1.34. The molecule has 138 valence electrons. The van der Waals surface area contributed by atoms with Crippen LogP contribution < -0.4 is 4.74 Å². The molecule has 1 saturated heterocycles. The molecule has 0 spiro atoms. The van der Waals surface area contributed by atoms with E-state index in [9.17, 15) is 0 Å². The molecule has 1 aliphatic heterocycles. The van der Waals surface area contributed by atoms with Crippen LogP contribution in [-0.2, 0) is 4.74 Å². The van der Waals surface area contributed by atoms with E-state index in [1.165, 1.54) is 0 Å². The number of hydrogen-bond donors (Lipinski definition) is 2. The highest BCUT2D eigenvalue weighted by molar-refractivity contribution is 5.95. The van der Waals surface area contributed by atoms with E-state index in [-0.39, 0.29) is 0 Å². The Hall–Kier alpha value is -2.83. The molecular weight excluding hydrogens is 340 g/mol. The standard InChI is InChI=1S/C21H22N4O2/c1-2-4-19-17(3-1)21(24-23-19)20-14-15-13-16(5-6-18(15)22-20)27-12-9-25-7-10-26-11-8-25/h1-6,13-14,22H,7-12H2,(H,23,24). The molecule has 4 aromatic rings. The van der Waals surface area contributed by atoms with Gasteiger partial charge in [0, 0.05) is 35.9 Å². The van der Waals surface area contributed by atoms with Crippen LogP contribution in [0, 0.1) is 0 Å². The molecule has 2 aromatic heterocycles. The van der Waals surface area contributed by atoms with E-state index in [0.717, 1.165) is 71.8 Å². The SMILES string of the molecule is c1ccc2c(-c3cc4cc(OCCN5CCOCC5)ccc4[nH]3)n[nH]c2c1.